The summed E-state index contributed by atoms with van der Waals surface area (Å²) in [7, 11) is 0. The average Bonchev–Trinajstić information content (AvgIpc) is 2.61. The van der Waals surface area contributed by atoms with Crippen molar-refractivity contribution in [2.45, 2.75) is 6.54 Å². The Kier molecular flexibility index (Phi) is 3.59. The van der Waals surface area contributed by atoms with E-state index in [9.17, 15) is 14.4 Å². The summed E-state index contributed by atoms with van der Waals surface area (Å²) in [5.74, 6) is -2.31. The lowest BCUT2D eigenvalue weighted by Crippen LogP contribution is -2.33. The highest BCUT2D eigenvalue weighted by molar-refractivity contribution is 5.94. The maximum absolute atomic E-state index is 11.3. The van der Waals surface area contributed by atoms with Crippen LogP contribution in [0.5, 0.6) is 0 Å². The van der Waals surface area contributed by atoms with Crippen LogP contribution in [0, 0.1) is 0 Å². The minimum absolute atomic E-state index is 0.0301. The minimum Gasteiger partial charge on any atom is -0.480 e. The topological polar surface area (TPSA) is 127 Å². The zero-order valence-corrected chi connectivity index (χ0v) is 8.21. The number of hydrogen-bond acceptors (Lipinski definition) is 4. The summed E-state index contributed by atoms with van der Waals surface area (Å²) < 4.78 is 1.10. The summed E-state index contributed by atoms with van der Waals surface area (Å²) in [4.78, 5) is 32.0. The summed E-state index contributed by atoms with van der Waals surface area (Å²) in [5, 5.41) is 14.4. The van der Waals surface area contributed by atoms with Crippen molar-refractivity contribution in [1.82, 2.24) is 15.1 Å². The molecule has 0 aliphatic rings. The molecule has 0 fully saturated rings. The second-order valence-corrected chi connectivity index (χ2v) is 2.94. The molecule has 0 unspecified atom stereocenters. The Morgan fingerprint density at radius 3 is 2.75 bits per heavy atom. The van der Waals surface area contributed by atoms with E-state index in [1.807, 2.05) is 0 Å². The quantitative estimate of drug-likeness (QED) is 0.544. The zero-order chi connectivity index (χ0) is 12.1. The van der Waals surface area contributed by atoms with Gasteiger partial charge >= 0.3 is 5.97 Å². The van der Waals surface area contributed by atoms with Crippen molar-refractivity contribution in [3.8, 4) is 0 Å². The fourth-order valence-electron chi connectivity index (χ4n) is 0.967. The molecule has 16 heavy (non-hydrogen) atoms. The van der Waals surface area contributed by atoms with E-state index in [0.717, 1.165) is 4.68 Å². The number of carboxylic acids is 1. The van der Waals surface area contributed by atoms with Crippen LogP contribution >= 0.6 is 0 Å². The molecular formula is C8H10N4O4. The van der Waals surface area contributed by atoms with E-state index >= 15 is 0 Å². The molecule has 1 aromatic heterocycles. The monoisotopic (exact) mass is 226 g/mol. The van der Waals surface area contributed by atoms with E-state index in [4.69, 9.17) is 10.8 Å². The molecule has 1 heterocycles. The fourth-order valence-corrected chi connectivity index (χ4v) is 0.967. The number of carboxylic acid groups (broad SMARTS) is 1. The predicted octanol–water partition coefficient (Wildman–Crippen LogP) is -1.82. The lowest BCUT2D eigenvalue weighted by Gasteiger charge is -1.98. The Hall–Kier alpha value is -2.38. The van der Waals surface area contributed by atoms with E-state index < -0.39 is 17.8 Å². The number of hydrogen-bond donors (Lipinski definition) is 3. The van der Waals surface area contributed by atoms with Crippen LogP contribution in [0.3, 0.4) is 0 Å². The van der Waals surface area contributed by atoms with Gasteiger partial charge in [0.2, 0.25) is 5.91 Å². The van der Waals surface area contributed by atoms with Gasteiger partial charge in [-0.25, -0.2) is 0 Å². The zero-order valence-electron chi connectivity index (χ0n) is 8.21. The highest BCUT2D eigenvalue weighted by Crippen LogP contribution is 1.95. The maximum atomic E-state index is 11.3. The van der Waals surface area contributed by atoms with Crippen LogP contribution in [0.15, 0.2) is 12.3 Å². The molecule has 1 aromatic rings. The summed E-state index contributed by atoms with van der Waals surface area (Å²) in [6.45, 7) is -0.617. The highest BCUT2D eigenvalue weighted by atomic mass is 16.4. The van der Waals surface area contributed by atoms with Crippen molar-refractivity contribution in [3.05, 3.63) is 18.0 Å². The van der Waals surface area contributed by atoms with Gasteiger partial charge in [-0.3, -0.25) is 19.1 Å². The van der Waals surface area contributed by atoms with Gasteiger partial charge < -0.3 is 16.2 Å². The SMILES string of the molecule is NC(=O)CNC(=O)c1ccn(CC(=O)O)n1. The molecule has 4 N–H and O–H groups in total. The van der Waals surface area contributed by atoms with Gasteiger partial charge in [0.25, 0.3) is 5.91 Å². The molecule has 0 saturated carbocycles. The van der Waals surface area contributed by atoms with Crippen LogP contribution in [0.25, 0.3) is 0 Å². The van der Waals surface area contributed by atoms with E-state index in [2.05, 4.69) is 10.4 Å². The van der Waals surface area contributed by atoms with E-state index in [0.29, 0.717) is 0 Å². The molecule has 86 valence electrons. The first-order valence-electron chi connectivity index (χ1n) is 4.31. The largest absolute Gasteiger partial charge is 0.480 e. The van der Waals surface area contributed by atoms with Gasteiger partial charge in [0.15, 0.2) is 0 Å². The number of primary amides is 1. The Balaban J connectivity index is 2.59. The van der Waals surface area contributed by atoms with E-state index in [1.54, 1.807) is 0 Å². The number of aromatic nitrogens is 2. The summed E-state index contributed by atoms with van der Waals surface area (Å²) in [6, 6.07) is 1.35. The Morgan fingerprint density at radius 2 is 2.19 bits per heavy atom. The number of amides is 2. The summed E-state index contributed by atoms with van der Waals surface area (Å²) >= 11 is 0. The van der Waals surface area contributed by atoms with Crippen molar-refractivity contribution in [3.63, 3.8) is 0 Å². The van der Waals surface area contributed by atoms with Gasteiger partial charge in [-0.2, -0.15) is 5.10 Å². The Labute approximate surface area is 90.0 Å². The van der Waals surface area contributed by atoms with Crippen LogP contribution in [0.2, 0.25) is 0 Å². The molecule has 0 spiro atoms. The molecule has 2 amide bonds. The van der Waals surface area contributed by atoms with Gasteiger partial charge in [-0.1, -0.05) is 0 Å². The smallest absolute Gasteiger partial charge is 0.325 e. The number of nitrogens with two attached hydrogens (primary N) is 1. The van der Waals surface area contributed by atoms with Gasteiger partial charge in [0, 0.05) is 6.20 Å². The first-order chi connectivity index (χ1) is 7.49. The van der Waals surface area contributed by atoms with Gasteiger partial charge in [0.1, 0.15) is 12.2 Å². The second kappa shape index (κ2) is 4.91. The summed E-state index contributed by atoms with van der Waals surface area (Å²) in [6.07, 6.45) is 1.35. The lowest BCUT2D eigenvalue weighted by atomic mass is 10.4. The van der Waals surface area contributed by atoms with E-state index in [1.165, 1.54) is 12.3 Å². The average molecular weight is 226 g/mol. The molecule has 0 radical (unpaired) electrons. The molecule has 1 rings (SSSR count). The molecule has 0 aliphatic carbocycles. The molecule has 0 saturated heterocycles. The normalized spacial score (nSPS) is 9.75. The first-order valence-corrected chi connectivity index (χ1v) is 4.31. The van der Waals surface area contributed by atoms with Crippen molar-refractivity contribution in [2.24, 2.45) is 5.73 Å². The third-order valence-electron chi connectivity index (χ3n) is 1.59. The number of carbonyl (C=O) groups is 3. The molecule has 0 bridgehead atoms. The van der Waals surface area contributed by atoms with Crippen molar-refractivity contribution >= 4 is 17.8 Å². The molecule has 8 nitrogen and oxygen atoms in total. The number of carbonyl (C=O) groups excluding carboxylic acids is 2. The van der Waals surface area contributed by atoms with Crippen LogP contribution in [-0.4, -0.2) is 39.2 Å². The standard InChI is InChI=1S/C8H10N4O4/c9-6(13)3-10-8(16)5-1-2-12(11-5)4-7(14)15/h1-2H,3-4H2,(H2,9,13)(H,10,16)(H,14,15). The third kappa shape index (κ3) is 3.40. The molecule has 0 aromatic carbocycles. The van der Waals surface area contributed by atoms with Gasteiger partial charge in [0.05, 0.1) is 6.54 Å². The van der Waals surface area contributed by atoms with Gasteiger partial charge in [-0.05, 0) is 6.07 Å². The van der Waals surface area contributed by atoms with Crippen LogP contribution in [0.4, 0.5) is 0 Å². The molecule has 8 heteroatoms. The number of nitrogens with one attached hydrogen (secondary N) is 1. The van der Waals surface area contributed by atoms with Crippen LogP contribution < -0.4 is 11.1 Å². The van der Waals surface area contributed by atoms with Crippen molar-refractivity contribution in [1.29, 1.82) is 0 Å². The van der Waals surface area contributed by atoms with Crippen LogP contribution in [0.1, 0.15) is 10.5 Å². The highest BCUT2D eigenvalue weighted by Gasteiger charge is 2.10. The van der Waals surface area contributed by atoms with Crippen LogP contribution in [-0.2, 0) is 16.1 Å². The van der Waals surface area contributed by atoms with E-state index in [-0.39, 0.29) is 18.8 Å². The predicted molar refractivity (Wildman–Crippen MR) is 51.4 cm³/mol. The summed E-state index contributed by atoms with van der Waals surface area (Å²) in [5.41, 5.74) is 4.86. The van der Waals surface area contributed by atoms with Gasteiger partial charge in [-0.15, -0.1) is 0 Å². The Morgan fingerprint density at radius 1 is 1.50 bits per heavy atom. The lowest BCUT2D eigenvalue weighted by molar-refractivity contribution is -0.137. The van der Waals surface area contributed by atoms with Crippen molar-refractivity contribution < 1.29 is 19.5 Å². The van der Waals surface area contributed by atoms with Crippen molar-refractivity contribution in [2.75, 3.05) is 6.54 Å². The third-order valence-corrected chi connectivity index (χ3v) is 1.59. The second-order valence-electron chi connectivity index (χ2n) is 2.94. The fraction of sp³-hybridized carbons (Fsp3) is 0.250. The minimum atomic E-state index is -1.06. The Bertz CT molecular complexity index is 425. The number of aliphatic carboxylic acids is 1. The molecular weight excluding hydrogens is 216 g/mol. The molecule has 0 aliphatic heterocycles. The molecule has 0 atom stereocenters. The number of nitrogens with zero attached hydrogens (tertiary/aromatic N) is 2. The maximum Gasteiger partial charge on any atom is 0.325 e. The first kappa shape index (κ1) is 11.7. The number of rotatable bonds is 5.